The van der Waals surface area contributed by atoms with Crippen LogP contribution >= 0.6 is 15.9 Å². The molecule has 1 saturated heterocycles. The molecule has 80 valence electrons. The van der Waals surface area contributed by atoms with E-state index < -0.39 is 0 Å². The number of rotatable bonds is 2. The van der Waals surface area contributed by atoms with Gasteiger partial charge in [0.25, 0.3) is 0 Å². The van der Waals surface area contributed by atoms with Gasteiger partial charge in [-0.15, -0.1) is 0 Å². The lowest BCUT2D eigenvalue weighted by atomic mass is 9.94. The van der Waals surface area contributed by atoms with Crippen LogP contribution in [0.4, 0.5) is 0 Å². The average molecular weight is 269 g/mol. The van der Waals surface area contributed by atoms with Gasteiger partial charge >= 0.3 is 0 Å². The summed E-state index contributed by atoms with van der Waals surface area (Å²) in [4.78, 5) is 12.1. The third-order valence-corrected chi connectivity index (χ3v) is 3.26. The van der Waals surface area contributed by atoms with Crippen molar-refractivity contribution in [2.24, 2.45) is 5.92 Å². The maximum Gasteiger partial charge on any atom is 0.168 e. The van der Waals surface area contributed by atoms with Crippen LogP contribution in [0.1, 0.15) is 22.3 Å². The van der Waals surface area contributed by atoms with E-state index in [0.29, 0.717) is 13.2 Å². The Morgan fingerprint density at radius 1 is 1.53 bits per heavy atom. The second-order valence-corrected chi connectivity index (χ2v) is 4.80. The highest BCUT2D eigenvalue weighted by atomic mass is 79.9. The van der Waals surface area contributed by atoms with E-state index in [9.17, 15) is 4.79 Å². The molecule has 1 heterocycles. The molecule has 2 rings (SSSR count). The summed E-state index contributed by atoms with van der Waals surface area (Å²) in [5.74, 6) is 0.268. The number of ketones is 1. The van der Waals surface area contributed by atoms with Gasteiger partial charge in [-0.25, -0.2) is 0 Å². The van der Waals surface area contributed by atoms with Gasteiger partial charge in [-0.2, -0.15) is 0 Å². The fourth-order valence-corrected chi connectivity index (χ4v) is 2.18. The molecule has 1 fully saturated rings. The summed E-state index contributed by atoms with van der Waals surface area (Å²) >= 11 is 3.39. The first kappa shape index (κ1) is 10.8. The van der Waals surface area contributed by atoms with Crippen molar-refractivity contribution < 1.29 is 9.53 Å². The van der Waals surface area contributed by atoms with Crippen molar-refractivity contribution in [2.75, 3.05) is 13.2 Å². The van der Waals surface area contributed by atoms with Crippen LogP contribution in [-0.2, 0) is 4.74 Å². The molecule has 0 amide bonds. The number of hydrogen-bond acceptors (Lipinski definition) is 2. The van der Waals surface area contributed by atoms with Gasteiger partial charge in [-0.1, -0.05) is 22.0 Å². The van der Waals surface area contributed by atoms with Crippen molar-refractivity contribution in [1.82, 2.24) is 0 Å². The van der Waals surface area contributed by atoms with Crippen LogP contribution in [-0.4, -0.2) is 19.0 Å². The summed E-state index contributed by atoms with van der Waals surface area (Å²) in [5.41, 5.74) is 1.86. The molecule has 1 aromatic carbocycles. The zero-order valence-electron chi connectivity index (χ0n) is 8.63. The monoisotopic (exact) mass is 268 g/mol. The van der Waals surface area contributed by atoms with Crippen molar-refractivity contribution in [1.29, 1.82) is 0 Å². The molecule has 15 heavy (non-hydrogen) atoms. The maximum atomic E-state index is 12.1. The number of ether oxygens (including phenoxy) is 1. The van der Waals surface area contributed by atoms with Gasteiger partial charge < -0.3 is 4.74 Å². The Labute approximate surface area is 97.8 Å². The van der Waals surface area contributed by atoms with E-state index in [-0.39, 0.29) is 11.7 Å². The summed E-state index contributed by atoms with van der Waals surface area (Å²) in [6, 6.07) is 5.82. The molecular formula is C12H13BrO2. The first-order valence-corrected chi connectivity index (χ1v) is 5.86. The van der Waals surface area contributed by atoms with Gasteiger partial charge in [0.1, 0.15) is 0 Å². The van der Waals surface area contributed by atoms with E-state index in [1.54, 1.807) is 0 Å². The number of benzene rings is 1. The minimum Gasteiger partial charge on any atom is -0.381 e. The highest BCUT2D eigenvalue weighted by Crippen LogP contribution is 2.23. The molecule has 1 aliphatic heterocycles. The number of Topliss-reactive ketones (excluding diaryl/α,β-unsaturated/α-hetero) is 1. The van der Waals surface area contributed by atoms with Crippen LogP contribution in [0.3, 0.4) is 0 Å². The van der Waals surface area contributed by atoms with Gasteiger partial charge in [0.15, 0.2) is 5.78 Å². The molecule has 1 atom stereocenters. The van der Waals surface area contributed by atoms with Gasteiger partial charge in [0, 0.05) is 22.6 Å². The number of hydrogen-bond donors (Lipinski definition) is 0. The molecule has 0 spiro atoms. The van der Waals surface area contributed by atoms with Crippen LogP contribution in [0, 0.1) is 12.8 Å². The molecule has 0 N–H and O–H groups in total. The first-order chi connectivity index (χ1) is 7.18. The number of carbonyl (C=O) groups is 1. The molecule has 2 nitrogen and oxygen atoms in total. The van der Waals surface area contributed by atoms with Crippen molar-refractivity contribution in [2.45, 2.75) is 13.3 Å². The summed E-state index contributed by atoms with van der Waals surface area (Å²) in [7, 11) is 0. The van der Waals surface area contributed by atoms with Gasteiger partial charge in [-0.3, -0.25) is 4.79 Å². The fraction of sp³-hybridized carbons (Fsp3) is 0.417. The Bertz CT molecular complexity index is 381. The van der Waals surface area contributed by atoms with Gasteiger partial charge in [-0.05, 0) is 31.0 Å². The average Bonchev–Trinajstić information content (AvgIpc) is 2.74. The molecule has 0 aliphatic carbocycles. The largest absolute Gasteiger partial charge is 0.381 e. The topological polar surface area (TPSA) is 26.3 Å². The number of aryl methyl sites for hydroxylation is 1. The molecule has 1 aromatic rings. The van der Waals surface area contributed by atoms with Crippen molar-refractivity contribution in [3.63, 3.8) is 0 Å². The van der Waals surface area contributed by atoms with Crippen LogP contribution in [0.5, 0.6) is 0 Å². The summed E-state index contributed by atoms with van der Waals surface area (Å²) in [6.07, 6.45) is 0.852. The molecule has 0 saturated carbocycles. The smallest absolute Gasteiger partial charge is 0.168 e. The molecule has 0 aromatic heterocycles. The predicted octanol–water partition coefficient (Wildman–Crippen LogP) is 2.98. The molecular weight excluding hydrogens is 256 g/mol. The zero-order valence-corrected chi connectivity index (χ0v) is 10.2. The van der Waals surface area contributed by atoms with Crippen LogP contribution in [0.2, 0.25) is 0 Å². The number of carbonyl (C=O) groups excluding carboxylic acids is 1. The predicted molar refractivity (Wildman–Crippen MR) is 62.1 cm³/mol. The summed E-state index contributed by atoms with van der Waals surface area (Å²) in [5, 5.41) is 0. The lowest BCUT2D eigenvalue weighted by Gasteiger charge is -2.09. The van der Waals surface area contributed by atoms with E-state index in [2.05, 4.69) is 15.9 Å². The van der Waals surface area contributed by atoms with Crippen molar-refractivity contribution in [3.8, 4) is 0 Å². The molecule has 0 bridgehead atoms. The Morgan fingerprint density at radius 3 is 3.00 bits per heavy atom. The Kier molecular flexibility index (Phi) is 3.22. The minimum atomic E-state index is 0.0537. The van der Waals surface area contributed by atoms with Gasteiger partial charge in [0.2, 0.25) is 0 Å². The normalized spacial score (nSPS) is 20.5. The SMILES string of the molecule is Cc1ccc(Br)cc1C(=O)C1CCOC1. The van der Waals surface area contributed by atoms with Crippen LogP contribution < -0.4 is 0 Å². The van der Waals surface area contributed by atoms with E-state index in [0.717, 1.165) is 22.0 Å². The molecule has 0 radical (unpaired) electrons. The minimum absolute atomic E-state index is 0.0537. The highest BCUT2D eigenvalue weighted by molar-refractivity contribution is 9.10. The summed E-state index contributed by atoms with van der Waals surface area (Å²) in [6.45, 7) is 3.25. The van der Waals surface area contributed by atoms with Gasteiger partial charge in [0.05, 0.1) is 6.61 Å². The third kappa shape index (κ3) is 2.29. The lowest BCUT2D eigenvalue weighted by Crippen LogP contribution is -2.15. The first-order valence-electron chi connectivity index (χ1n) is 5.06. The Morgan fingerprint density at radius 2 is 2.33 bits per heavy atom. The molecule has 1 unspecified atom stereocenters. The van der Waals surface area contributed by atoms with E-state index in [1.807, 2.05) is 25.1 Å². The van der Waals surface area contributed by atoms with Crippen molar-refractivity contribution >= 4 is 21.7 Å². The summed E-state index contributed by atoms with van der Waals surface area (Å²) < 4.78 is 6.19. The van der Waals surface area contributed by atoms with E-state index >= 15 is 0 Å². The van der Waals surface area contributed by atoms with E-state index in [4.69, 9.17) is 4.74 Å². The second kappa shape index (κ2) is 4.45. The maximum absolute atomic E-state index is 12.1. The standard InChI is InChI=1S/C12H13BrO2/c1-8-2-3-10(13)6-11(8)12(14)9-4-5-15-7-9/h2-3,6,9H,4-5,7H2,1H3. The zero-order chi connectivity index (χ0) is 10.8. The fourth-order valence-electron chi connectivity index (χ4n) is 1.82. The van der Waals surface area contributed by atoms with Crippen LogP contribution in [0.15, 0.2) is 22.7 Å². The second-order valence-electron chi connectivity index (χ2n) is 3.88. The quantitative estimate of drug-likeness (QED) is 0.771. The Hall–Kier alpha value is -0.670. The highest BCUT2D eigenvalue weighted by Gasteiger charge is 2.25. The number of halogens is 1. The lowest BCUT2D eigenvalue weighted by molar-refractivity contribution is 0.0899. The Balaban J connectivity index is 2.27. The van der Waals surface area contributed by atoms with E-state index in [1.165, 1.54) is 0 Å². The van der Waals surface area contributed by atoms with Crippen LogP contribution in [0.25, 0.3) is 0 Å². The van der Waals surface area contributed by atoms with Crippen molar-refractivity contribution in [3.05, 3.63) is 33.8 Å². The third-order valence-electron chi connectivity index (χ3n) is 2.77. The molecule has 1 aliphatic rings. The molecule has 3 heteroatoms.